The molecular weight excluding hydrogens is 150 g/mol. The smallest absolute Gasteiger partial charge is 0.130 e. The van der Waals surface area contributed by atoms with Gasteiger partial charge < -0.3 is 4.90 Å². The first kappa shape index (κ1) is 7.16. The molecule has 3 nitrogen and oxygen atoms in total. The minimum atomic E-state index is 0.502. The number of likely N-dealkylation sites (N-methyl/N-ethyl adjacent to an activating group) is 1. The largest absolute Gasteiger partial charge is 0.355 e. The fraction of sp³-hybridized carbons (Fsp3) is 0.222. The molecule has 0 spiro atoms. The standard InChI is InChI=1S/C9H11N3/c1-7-6-11(2)9-5-3-4-8(10)12(7)9/h3-5,10H,1,6H2,2H3. The average molecular weight is 161 g/mol. The molecule has 1 aliphatic heterocycles. The third kappa shape index (κ3) is 0.794. The van der Waals surface area contributed by atoms with Crippen LogP contribution in [0.5, 0.6) is 0 Å². The molecule has 0 saturated heterocycles. The number of pyridine rings is 1. The van der Waals surface area contributed by atoms with Crippen LogP contribution in [-0.4, -0.2) is 18.2 Å². The van der Waals surface area contributed by atoms with E-state index in [-0.39, 0.29) is 0 Å². The molecule has 0 aromatic carbocycles. The maximum atomic E-state index is 7.65. The van der Waals surface area contributed by atoms with Crippen molar-refractivity contribution in [2.45, 2.75) is 0 Å². The van der Waals surface area contributed by atoms with E-state index in [1.807, 2.05) is 23.7 Å². The predicted octanol–water partition coefficient (Wildman–Crippen LogP) is 0.888. The van der Waals surface area contributed by atoms with Crippen molar-refractivity contribution >= 4 is 11.5 Å². The highest BCUT2D eigenvalue weighted by molar-refractivity contribution is 5.64. The Balaban J connectivity index is 2.76. The molecule has 3 heteroatoms. The summed E-state index contributed by atoms with van der Waals surface area (Å²) in [4.78, 5) is 2.08. The van der Waals surface area contributed by atoms with E-state index in [1.165, 1.54) is 0 Å². The summed E-state index contributed by atoms with van der Waals surface area (Å²) >= 11 is 0. The molecule has 62 valence electrons. The van der Waals surface area contributed by atoms with Crippen molar-refractivity contribution < 1.29 is 0 Å². The van der Waals surface area contributed by atoms with Crippen molar-refractivity contribution in [2.75, 3.05) is 18.5 Å². The highest BCUT2D eigenvalue weighted by atomic mass is 15.3. The number of rotatable bonds is 0. The fourth-order valence-electron chi connectivity index (χ4n) is 1.55. The molecule has 0 aliphatic carbocycles. The van der Waals surface area contributed by atoms with Crippen LogP contribution in [-0.2, 0) is 0 Å². The molecule has 1 aromatic heterocycles. The lowest BCUT2D eigenvalue weighted by molar-refractivity contribution is 0.972. The zero-order valence-corrected chi connectivity index (χ0v) is 7.04. The quantitative estimate of drug-likeness (QED) is 0.602. The van der Waals surface area contributed by atoms with Gasteiger partial charge in [0.25, 0.3) is 0 Å². The first-order valence-electron chi connectivity index (χ1n) is 3.86. The normalized spacial score (nSPS) is 15.1. The lowest BCUT2D eigenvalue weighted by Crippen LogP contribution is -2.16. The van der Waals surface area contributed by atoms with Gasteiger partial charge in [-0.3, -0.25) is 9.98 Å². The third-order valence-electron chi connectivity index (χ3n) is 2.10. The Morgan fingerprint density at radius 1 is 1.50 bits per heavy atom. The van der Waals surface area contributed by atoms with Gasteiger partial charge in [-0.1, -0.05) is 12.6 Å². The van der Waals surface area contributed by atoms with Gasteiger partial charge in [-0.2, -0.15) is 0 Å². The number of hydrogen-bond acceptors (Lipinski definition) is 2. The maximum Gasteiger partial charge on any atom is 0.130 e. The highest BCUT2D eigenvalue weighted by Gasteiger charge is 2.17. The van der Waals surface area contributed by atoms with Gasteiger partial charge in [0.2, 0.25) is 0 Å². The van der Waals surface area contributed by atoms with Gasteiger partial charge >= 0.3 is 0 Å². The van der Waals surface area contributed by atoms with E-state index in [0.717, 1.165) is 18.1 Å². The third-order valence-corrected chi connectivity index (χ3v) is 2.10. The second-order valence-corrected chi connectivity index (χ2v) is 3.03. The summed E-state index contributed by atoms with van der Waals surface area (Å²) in [6.45, 7) is 4.72. The molecule has 1 aromatic rings. The summed E-state index contributed by atoms with van der Waals surface area (Å²) < 4.78 is 1.86. The molecular formula is C9H11N3. The first-order valence-corrected chi connectivity index (χ1v) is 3.86. The molecule has 2 rings (SSSR count). The maximum absolute atomic E-state index is 7.65. The monoisotopic (exact) mass is 161 g/mol. The van der Waals surface area contributed by atoms with Crippen molar-refractivity contribution in [3.63, 3.8) is 0 Å². The van der Waals surface area contributed by atoms with Crippen molar-refractivity contribution in [1.82, 2.24) is 4.57 Å². The van der Waals surface area contributed by atoms with Gasteiger partial charge in [-0.25, -0.2) is 0 Å². The Bertz CT molecular complexity index is 389. The van der Waals surface area contributed by atoms with E-state index in [9.17, 15) is 0 Å². The highest BCUT2D eigenvalue weighted by Crippen LogP contribution is 2.21. The molecule has 1 aliphatic rings. The SMILES string of the molecule is C=C1CN(C)c2cccc(=N)n21. The molecule has 12 heavy (non-hydrogen) atoms. The first-order chi connectivity index (χ1) is 5.70. The zero-order valence-electron chi connectivity index (χ0n) is 7.04. The van der Waals surface area contributed by atoms with Gasteiger partial charge in [0.05, 0.1) is 6.54 Å². The molecule has 0 atom stereocenters. The molecule has 0 unspecified atom stereocenters. The van der Waals surface area contributed by atoms with Gasteiger partial charge in [0.1, 0.15) is 11.3 Å². The molecule has 0 fully saturated rings. The van der Waals surface area contributed by atoms with E-state index in [4.69, 9.17) is 5.41 Å². The van der Waals surface area contributed by atoms with Crippen molar-refractivity contribution in [3.05, 3.63) is 30.3 Å². The van der Waals surface area contributed by atoms with Crippen molar-refractivity contribution in [1.29, 1.82) is 5.41 Å². The predicted molar refractivity (Wildman–Crippen MR) is 48.9 cm³/mol. The lowest BCUT2D eigenvalue weighted by Gasteiger charge is -2.09. The van der Waals surface area contributed by atoms with Crippen LogP contribution in [0.3, 0.4) is 0 Å². The van der Waals surface area contributed by atoms with E-state index < -0.39 is 0 Å². The van der Waals surface area contributed by atoms with Crippen LogP contribution in [0.25, 0.3) is 5.70 Å². The molecule has 0 radical (unpaired) electrons. The van der Waals surface area contributed by atoms with Crippen LogP contribution < -0.4 is 10.4 Å². The zero-order chi connectivity index (χ0) is 8.72. The molecule has 0 saturated carbocycles. The molecule has 0 amide bonds. The van der Waals surface area contributed by atoms with Gasteiger partial charge in [0.15, 0.2) is 0 Å². The van der Waals surface area contributed by atoms with Crippen molar-refractivity contribution in [3.8, 4) is 0 Å². The van der Waals surface area contributed by atoms with Crippen LogP contribution in [0.1, 0.15) is 0 Å². The summed E-state index contributed by atoms with van der Waals surface area (Å²) in [7, 11) is 2.00. The minimum absolute atomic E-state index is 0.502. The summed E-state index contributed by atoms with van der Waals surface area (Å²) in [5, 5.41) is 7.65. The number of aromatic nitrogens is 1. The summed E-state index contributed by atoms with van der Waals surface area (Å²) in [5.41, 5.74) is 1.47. The van der Waals surface area contributed by atoms with Crippen LogP contribution >= 0.6 is 0 Å². The summed E-state index contributed by atoms with van der Waals surface area (Å²) in [5.74, 6) is 1.05. The van der Waals surface area contributed by atoms with Crippen LogP contribution in [0.4, 0.5) is 5.82 Å². The van der Waals surface area contributed by atoms with Crippen LogP contribution in [0, 0.1) is 5.41 Å². The van der Waals surface area contributed by atoms with Gasteiger partial charge in [-0.15, -0.1) is 0 Å². The minimum Gasteiger partial charge on any atom is -0.355 e. The Morgan fingerprint density at radius 2 is 2.25 bits per heavy atom. The average Bonchev–Trinajstić information content (AvgIpc) is 2.29. The fourth-order valence-corrected chi connectivity index (χ4v) is 1.55. The Hall–Kier alpha value is -1.51. The summed E-state index contributed by atoms with van der Waals surface area (Å²) in [6, 6.07) is 5.66. The Kier molecular flexibility index (Phi) is 1.33. The summed E-state index contributed by atoms with van der Waals surface area (Å²) in [6.07, 6.45) is 0. The number of anilines is 1. The van der Waals surface area contributed by atoms with E-state index >= 15 is 0 Å². The number of nitrogens with zero attached hydrogens (tertiary/aromatic N) is 2. The molecule has 0 bridgehead atoms. The van der Waals surface area contributed by atoms with Crippen LogP contribution in [0.15, 0.2) is 24.8 Å². The second-order valence-electron chi connectivity index (χ2n) is 3.03. The molecule has 2 heterocycles. The van der Waals surface area contributed by atoms with E-state index in [0.29, 0.717) is 5.49 Å². The Labute approximate surface area is 71.1 Å². The second kappa shape index (κ2) is 2.24. The lowest BCUT2D eigenvalue weighted by atomic mass is 10.4. The van der Waals surface area contributed by atoms with E-state index in [1.54, 1.807) is 6.07 Å². The van der Waals surface area contributed by atoms with E-state index in [2.05, 4.69) is 11.5 Å². The number of fused-ring (bicyclic) bond motifs is 1. The van der Waals surface area contributed by atoms with Crippen LogP contribution in [0.2, 0.25) is 0 Å². The topological polar surface area (TPSA) is 32.0 Å². The van der Waals surface area contributed by atoms with Gasteiger partial charge in [0, 0.05) is 12.7 Å². The Morgan fingerprint density at radius 3 is 2.92 bits per heavy atom. The van der Waals surface area contributed by atoms with Crippen molar-refractivity contribution in [2.24, 2.45) is 0 Å². The molecule has 1 N–H and O–H groups in total. The number of nitrogens with one attached hydrogen (secondary N) is 1. The van der Waals surface area contributed by atoms with Gasteiger partial charge in [-0.05, 0) is 12.1 Å². The number of hydrogen-bond donors (Lipinski definition) is 1.